The van der Waals surface area contributed by atoms with Crippen molar-refractivity contribution in [3.05, 3.63) is 11.6 Å². The molecule has 0 aromatic rings. The van der Waals surface area contributed by atoms with Gasteiger partial charge in [0.1, 0.15) is 49.0 Å². The first kappa shape index (κ1) is 40.6. The molecule has 52 heavy (non-hydrogen) atoms. The summed E-state index contributed by atoms with van der Waals surface area (Å²) >= 11 is 0. The second kappa shape index (κ2) is 15.1. The number of aldehydes is 1. The van der Waals surface area contributed by atoms with E-state index in [1.54, 1.807) is 0 Å². The van der Waals surface area contributed by atoms with E-state index < -0.39 is 78.8 Å². The lowest BCUT2D eigenvalue weighted by Gasteiger charge is -2.69. The molecule has 0 radical (unpaired) electrons. The van der Waals surface area contributed by atoms with Gasteiger partial charge in [-0.3, -0.25) is 0 Å². The van der Waals surface area contributed by atoms with E-state index in [0.29, 0.717) is 18.8 Å². The summed E-state index contributed by atoms with van der Waals surface area (Å²) in [5.41, 5.74) is 0.218. The summed E-state index contributed by atoms with van der Waals surface area (Å²) in [6.07, 6.45) is -1.55. The molecule has 6 aliphatic rings. The molecule has 18 unspecified atom stereocenters. The minimum atomic E-state index is -1.71. The Morgan fingerprint density at radius 1 is 0.827 bits per heavy atom. The van der Waals surface area contributed by atoms with E-state index >= 15 is 0 Å². The Morgan fingerprint density at radius 2 is 1.54 bits per heavy atom. The van der Waals surface area contributed by atoms with Crippen molar-refractivity contribution in [1.29, 1.82) is 0 Å². The average molecular weight is 739 g/mol. The molecule has 6 rings (SSSR count). The van der Waals surface area contributed by atoms with E-state index in [0.717, 1.165) is 51.4 Å². The maximum atomic E-state index is 13.6. The largest absolute Gasteiger partial charge is 0.394 e. The Kier molecular flexibility index (Phi) is 11.8. The van der Waals surface area contributed by atoms with Crippen LogP contribution in [-0.4, -0.2) is 123 Å². The summed E-state index contributed by atoms with van der Waals surface area (Å²) < 4.78 is 24.1. The molecular formula is C40H66O12. The zero-order valence-corrected chi connectivity index (χ0v) is 32.0. The topological polar surface area (TPSA) is 196 Å². The molecule has 4 aliphatic carbocycles. The van der Waals surface area contributed by atoms with Gasteiger partial charge in [-0.05, 0) is 118 Å². The molecule has 2 saturated heterocycles. The van der Waals surface area contributed by atoms with Gasteiger partial charge < -0.3 is 59.5 Å². The number of carbonyl (C=O) groups is 1. The Balaban J connectivity index is 1.20. The standard InChI is InChI=1S/C40H66O12/c1-21(2)8-7-9-24(43)22-12-15-38(5)23(22)10-11-28-39(38,6)16-13-27-37(3,4)29(14-17-40(27,28)20-42)51-36-34(30(45)25(44)19-49-36)52-35-33(48)32(47)31(46)26(18-41)50-35/h8,20,22-36,41,43-48H,7,9-19H2,1-6H3. The minimum Gasteiger partial charge on any atom is -0.394 e. The first-order valence-electron chi connectivity index (χ1n) is 19.8. The van der Waals surface area contributed by atoms with Crippen molar-refractivity contribution in [2.75, 3.05) is 13.2 Å². The highest BCUT2D eigenvalue weighted by Gasteiger charge is 2.70. The summed E-state index contributed by atoms with van der Waals surface area (Å²) in [6, 6.07) is 0. The Bertz CT molecular complexity index is 1290. The maximum absolute atomic E-state index is 13.6. The van der Waals surface area contributed by atoms with Crippen molar-refractivity contribution < 1.29 is 59.5 Å². The van der Waals surface area contributed by atoms with Gasteiger partial charge in [0.15, 0.2) is 12.6 Å². The molecule has 12 nitrogen and oxygen atoms in total. The van der Waals surface area contributed by atoms with Gasteiger partial charge in [-0.25, -0.2) is 0 Å². The van der Waals surface area contributed by atoms with E-state index in [4.69, 9.17) is 18.9 Å². The number of fused-ring (bicyclic) bond motifs is 5. The number of aliphatic hydroxyl groups is 7. The molecule has 4 saturated carbocycles. The fraction of sp³-hybridized carbons (Fsp3) is 0.925. The van der Waals surface area contributed by atoms with Gasteiger partial charge in [-0.15, -0.1) is 0 Å². The molecule has 12 heteroatoms. The minimum absolute atomic E-state index is 0.0188. The summed E-state index contributed by atoms with van der Waals surface area (Å²) in [7, 11) is 0. The van der Waals surface area contributed by atoms with Crippen LogP contribution in [0.15, 0.2) is 11.6 Å². The van der Waals surface area contributed by atoms with Crippen molar-refractivity contribution in [2.45, 2.75) is 173 Å². The first-order valence-corrected chi connectivity index (χ1v) is 19.8. The van der Waals surface area contributed by atoms with Crippen LogP contribution in [0, 0.1) is 45.3 Å². The lowest BCUT2D eigenvalue weighted by molar-refractivity contribution is -0.367. The number of hydrogen-bond donors (Lipinski definition) is 7. The van der Waals surface area contributed by atoms with Crippen molar-refractivity contribution in [3.63, 3.8) is 0 Å². The average Bonchev–Trinajstić information content (AvgIpc) is 3.46. The summed E-state index contributed by atoms with van der Waals surface area (Å²) in [4.78, 5) is 13.6. The number of allylic oxidation sites excluding steroid dienone is 2. The first-order chi connectivity index (χ1) is 24.5. The number of carbonyl (C=O) groups excluding carboxylic acids is 1. The van der Waals surface area contributed by atoms with Gasteiger partial charge in [0.2, 0.25) is 0 Å². The van der Waals surface area contributed by atoms with Crippen LogP contribution in [0.1, 0.15) is 106 Å². The Labute approximate surface area is 308 Å². The van der Waals surface area contributed by atoms with E-state index in [1.807, 2.05) is 0 Å². The van der Waals surface area contributed by atoms with Crippen LogP contribution in [0.4, 0.5) is 0 Å². The molecule has 0 spiro atoms. The second-order valence-electron chi connectivity index (χ2n) is 18.6. The van der Waals surface area contributed by atoms with Crippen molar-refractivity contribution in [1.82, 2.24) is 0 Å². The van der Waals surface area contributed by atoms with Crippen LogP contribution < -0.4 is 0 Å². The smallest absolute Gasteiger partial charge is 0.187 e. The number of ether oxygens (including phenoxy) is 4. The van der Waals surface area contributed by atoms with Crippen LogP contribution >= 0.6 is 0 Å². The SMILES string of the molecule is CC(C)=CCCC(O)C1CCC2(C)C1CCC1C3(C=O)CCC(OC4OCC(O)C(O)C4OC4OC(CO)C(O)C(O)C4O)C(C)(C)C3CCC12C. The van der Waals surface area contributed by atoms with Crippen LogP contribution in [0.5, 0.6) is 0 Å². The lowest BCUT2D eigenvalue weighted by atomic mass is 9.35. The quantitative estimate of drug-likeness (QED) is 0.0986. The molecule has 7 N–H and O–H groups in total. The van der Waals surface area contributed by atoms with Crippen molar-refractivity contribution in [2.24, 2.45) is 45.3 Å². The number of aliphatic hydroxyl groups excluding tert-OH is 7. The Hall–Kier alpha value is -1.03. The highest BCUT2D eigenvalue weighted by atomic mass is 16.8. The van der Waals surface area contributed by atoms with Gasteiger partial charge in [0.25, 0.3) is 0 Å². The highest BCUT2D eigenvalue weighted by molar-refractivity contribution is 5.62. The third kappa shape index (κ3) is 6.57. The lowest BCUT2D eigenvalue weighted by Crippen LogP contribution is -2.66. The molecule has 0 amide bonds. The van der Waals surface area contributed by atoms with E-state index in [2.05, 4.69) is 47.6 Å². The second-order valence-corrected chi connectivity index (χ2v) is 18.6. The fourth-order valence-corrected chi connectivity index (χ4v) is 12.5. The molecule has 2 aliphatic heterocycles. The third-order valence-corrected chi connectivity index (χ3v) is 15.6. The molecule has 2 heterocycles. The van der Waals surface area contributed by atoms with E-state index in [-0.39, 0.29) is 41.3 Å². The highest BCUT2D eigenvalue weighted by Crippen LogP contribution is 2.75. The molecule has 0 aromatic carbocycles. The van der Waals surface area contributed by atoms with Crippen LogP contribution in [0.3, 0.4) is 0 Å². The van der Waals surface area contributed by atoms with E-state index in [1.165, 1.54) is 11.9 Å². The third-order valence-electron chi connectivity index (χ3n) is 15.6. The fourth-order valence-electron chi connectivity index (χ4n) is 12.5. The zero-order chi connectivity index (χ0) is 38.0. The molecule has 298 valence electrons. The monoisotopic (exact) mass is 738 g/mol. The summed E-state index contributed by atoms with van der Waals surface area (Å²) in [6.45, 7) is 12.5. The zero-order valence-electron chi connectivity index (χ0n) is 32.0. The van der Waals surface area contributed by atoms with Crippen LogP contribution in [-0.2, 0) is 23.7 Å². The molecular weight excluding hydrogens is 672 g/mol. The van der Waals surface area contributed by atoms with Crippen molar-refractivity contribution in [3.8, 4) is 0 Å². The Morgan fingerprint density at radius 3 is 2.21 bits per heavy atom. The summed E-state index contributed by atoms with van der Waals surface area (Å²) in [5.74, 6) is 0.922. The molecule has 0 bridgehead atoms. The predicted molar refractivity (Wildman–Crippen MR) is 189 cm³/mol. The van der Waals surface area contributed by atoms with Crippen molar-refractivity contribution >= 4 is 6.29 Å². The molecule has 6 fully saturated rings. The predicted octanol–water partition coefficient (Wildman–Crippen LogP) is 2.61. The van der Waals surface area contributed by atoms with Crippen LogP contribution in [0.2, 0.25) is 0 Å². The van der Waals surface area contributed by atoms with E-state index in [9.17, 15) is 40.5 Å². The van der Waals surface area contributed by atoms with Gasteiger partial charge >= 0.3 is 0 Å². The van der Waals surface area contributed by atoms with Gasteiger partial charge in [-0.1, -0.05) is 39.3 Å². The molecule has 0 aromatic heterocycles. The van der Waals surface area contributed by atoms with Gasteiger partial charge in [0.05, 0.1) is 25.4 Å². The maximum Gasteiger partial charge on any atom is 0.187 e. The summed E-state index contributed by atoms with van der Waals surface area (Å²) in [5, 5.41) is 73.9. The number of hydrogen-bond acceptors (Lipinski definition) is 12. The number of rotatable bonds is 10. The van der Waals surface area contributed by atoms with Gasteiger partial charge in [0, 0.05) is 5.41 Å². The molecule has 18 atom stereocenters. The van der Waals surface area contributed by atoms with Gasteiger partial charge in [-0.2, -0.15) is 0 Å². The van der Waals surface area contributed by atoms with Crippen LogP contribution in [0.25, 0.3) is 0 Å². The normalized spacial score (nSPS) is 50.7.